The van der Waals surface area contributed by atoms with E-state index >= 15 is 0 Å². The standard InChI is InChI=1S/C7H11F2N3S/c1-4(2)3-12-6(5(8)9)10-11-7(12)13/h4-5H,3H2,1-2H3,(H,11,13). The van der Waals surface area contributed by atoms with Crippen LogP contribution in [0.2, 0.25) is 0 Å². The first-order valence-electron chi connectivity index (χ1n) is 3.95. The van der Waals surface area contributed by atoms with Crippen LogP contribution in [0.3, 0.4) is 0 Å². The van der Waals surface area contributed by atoms with E-state index in [0.717, 1.165) is 0 Å². The van der Waals surface area contributed by atoms with Gasteiger partial charge in [0.25, 0.3) is 6.43 Å². The van der Waals surface area contributed by atoms with Gasteiger partial charge in [-0.25, -0.2) is 8.78 Å². The number of rotatable bonds is 3. The highest BCUT2D eigenvalue weighted by Crippen LogP contribution is 2.17. The van der Waals surface area contributed by atoms with Crippen molar-refractivity contribution in [1.82, 2.24) is 14.8 Å². The highest BCUT2D eigenvalue weighted by atomic mass is 32.1. The molecule has 3 nitrogen and oxygen atoms in total. The Morgan fingerprint density at radius 1 is 1.54 bits per heavy atom. The van der Waals surface area contributed by atoms with Gasteiger partial charge in [0, 0.05) is 6.54 Å². The monoisotopic (exact) mass is 207 g/mol. The smallest absolute Gasteiger partial charge is 0.297 e. The first-order chi connectivity index (χ1) is 6.02. The van der Waals surface area contributed by atoms with Crippen LogP contribution in [0.4, 0.5) is 8.78 Å². The molecule has 1 heterocycles. The predicted molar refractivity (Wildman–Crippen MR) is 47.2 cm³/mol. The Balaban J connectivity index is 3.02. The Bertz CT molecular complexity index is 329. The second-order valence-electron chi connectivity index (χ2n) is 3.19. The third-order valence-corrected chi connectivity index (χ3v) is 1.84. The van der Waals surface area contributed by atoms with Crippen molar-refractivity contribution in [3.63, 3.8) is 0 Å². The molecule has 0 saturated carbocycles. The van der Waals surface area contributed by atoms with Crippen LogP contribution in [-0.4, -0.2) is 14.8 Å². The van der Waals surface area contributed by atoms with E-state index in [1.54, 1.807) is 0 Å². The molecular weight excluding hydrogens is 196 g/mol. The van der Waals surface area contributed by atoms with Crippen molar-refractivity contribution in [3.05, 3.63) is 10.6 Å². The van der Waals surface area contributed by atoms with Crippen LogP contribution >= 0.6 is 12.2 Å². The fourth-order valence-corrected chi connectivity index (χ4v) is 1.25. The van der Waals surface area contributed by atoms with Gasteiger partial charge in [0.2, 0.25) is 0 Å². The summed E-state index contributed by atoms with van der Waals surface area (Å²) in [6.07, 6.45) is -2.58. The first kappa shape index (κ1) is 10.3. The second-order valence-corrected chi connectivity index (χ2v) is 3.58. The van der Waals surface area contributed by atoms with E-state index in [2.05, 4.69) is 10.2 Å². The molecule has 1 aromatic heterocycles. The van der Waals surface area contributed by atoms with Gasteiger partial charge in [-0.05, 0) is 18.1 Å². The molecule has 0 amide bonds. The summed E-state index contributed by atoms with van der Waals surface area (Å²) in [6, 6.07) is 0. The third-order valence-electron chi connectivity index (χ3n) is 1.53. The van der Waals surface area contributed by atoms with Crippen molar-refractivity contribution >= 4 is 12.2 Å². The number of halogens is 2. The van der Waals surface area contributed by atoms with E-state index in [1.165, 1.54) is 4.57 Å². The van der Waals surface area contributed by atoms with Crippen LogP contribution in [-0.2, 0) is 6.54 Å². The molecule has 1 N–H and O–H groups in total. The van der Waals surface area contributed by atoms with Crippen LogP contribution < -0.4 is 0 Å². The maximum Gasteiger partial charge on any atom is 0.297 e. The van der Waals surface area contributed by atoms with Crippen LogP contribution in [0.25, 0.3) is 0 Å². The Morgan fingerprint density at radius 2 is 2.15 bits per heavy atom. The molecule has 0 radical (unpaired) electrons. The molecule has 0 unspecified atom stereocenters. The number of H-pyrrole nitrogens is 1. The van der Waals surface area contributed by atoms with Crippen LogP contribution in [0.5, 0.6) is 0 Å². The van der Waals surface area contributed by atoms with Crippen molar-refractivity contribution in [2.45, 2.75) is 26.8 Å². The van der Waals surface area contributed by atoms with Gasteiger partial charge in [0.1, 0.15) is 0 Å². The normalized spacial score (nSPS) is 11.5. The van der Waals surface area contributed by atoms with Gasteiger partial charge >= 0.3 is 0 Å². The van der Waals surface area contributed by atoms with Crippen LogP contribution in [0, 0.1) is 10.7 Å². The third kappa shape index (κ3) is 2.33. The summed E-state index contributed by atoms with van der Waals surface area (Å²) in [5.74, 6) is -0.0134. The lowest BCUT2D eigenvalue weighted by molar-refractivity contribution is 0.133. The molecule has 0 spiro atoms. The average molecular weight is 207 g/mol. The zero-order valence-corrected chi connectivity index (χ0v) is 8.24. The van der Waals surface area contributed by atoms with Gasteiger partial charge in [-0.15, -0.1) is 0 Å². The lowest BCUT2D eigenvalue weighted by Gasteiger charge is -2.07. The molecule has 13 heavy (non-hydrogen) atoms. The van der Waals surface area contributed by atoms with E-state index in [-0.39, 0.29) is 16.5 Å². The summed E-state index contributed by atoms with van der Waals surface area (Å²) in [4.78, 5) is 0. The maximum atomic E-state index is 12.3. The summed E-state index contributed by atoms with van der Waals surface area (Å²) in [7, 11) is 0. The SMILES string of the molecule is CC(C)Cn1c(C(F)F)n[nH]c1=S. The van der Waals surface area contributed by atoms with E-state index < -0.39 is 6.43 Å². The van der Waals surface area contributed by atoms with Gasteiger partial charge in [-0.3, -0.25) is 9.67 Å². The van der Waals surface area contributed by atoms with E-state index in [4.69, 9.17) is 12.2 Å². The second kappa shape index (κ2) is 3.95. The molecule has 0 fully saturated rings. The zero-order chi connectivity index (χ0) is 10.0. The summed E-state index contributed by atoms with van der Waals surface area (Å²) >= 11 is 4.82. The van der Waals surface area contributed by atoms with Gasteiger partial charge in [-0.1, -0.05) is 13.8 Å². The van der Waals surface area contributed by atoms with Crippen molar-refractivity contribution in [2.75, 3.05) is 0 Å². The zero-order valence-electron chi connectivity index (χ0n) is 7.42. The Kier molecular flexibility index (Phi) is 3.13. The van der Waals surface area contributed by atoms with Gasteiger partial charge < -0.3 is 0 Å². The molecular formula is C7H11F2N3S. The molecule has 1 rings (SSSR count). The number of nitrogens with zero attached hydrogens (tertiary/aromatic N) is 2. The molecule has 0 bridgehead atoms. The molecule has 74 valence electrons. The summed E-state index contributed by atoms with van der Waals surface area (Å²) in [5.41, 5.74) is 0. The van der Waals surface area contributed by atoms with E-state index in [1.807, 2.05) is 13.8 Å². The van der Waals surface area contributed by atoms with Crippen molar-refractivity contribution in [1.29, 1.82) is 0 Å². The molecule has 6 heteroatoms. The highest BCUT2D eigenvalue weighted by molar-refractivity contribution is 7.71. The van der Waals surface area contributed by atoms with Crippen molar-refractivity contribution in [3.8, 4) is 0 Å². The van der Waals surface area contributed by atoms with Crippen molar-refractivity contribution < 1.29 is 8.78 Å². The molecule has 0 aromatic carbocycles. The molecule has 0 aliphatic carbocycles. The Morgan fingerprint density at radius 3 is 2.62 bits per heavy atom. The average Bonchev–Trinajstić information content (AvgIpc) is 2.32. The highest BCUT2D eigenvalue weighted by Gasteiger charge is 2.16. The largest absolute Gasteiger partial charge is 0.299 e. The number of hydrogen-bond acceptors (Lipinski definition) is 2. The minimum Gasteiger partial charge on any atom is -0.299 e. The number of nitrogens with one attached hydrogen (secondary N) is 1. The van der Waals surface area contributed by atoms with Gasteiger partial charge in [0.05, 0.1) is 0 Å². The Hall–Kier alpha value is -0.780. The molecule has 0 aliphatic rings. The molecule has 1 aromatic rings. The number of aromatic nitrogens is 3. The fraction of sp³-hybridized carbons (Fsp3) is 0.714. The molecule has 0 atom stereocenters. The van der Waals surface area contributed by atoms with Crippen LogP contribution in [0.1, 0.15) is 26.1 Å². The first-order valence-corrected chi connectivity index (χ1v) is 4.36. The van der Waals surface area contributed by atoms with Crippen molar-refractivity contribution in [2.24, 2.45) is 5.92 Å². The minimum atomic E-state index is -2.58. The van der Waals surface area contributed by atoms with E-state index in [9.17, 15) is 8.78 Å². The Labute approximate surface area is 79.8 Å². The topological polar surface area (TPSA) is 33.6 Å². The number of hydrogen-bond donors (Lipinski definition) is 1. The molecule has 0 aliphatic heterocycles. The van der Waals surface area contributed by atoms with Crippen LogP contribution in [0.15, 0.2) is 0 Å². The number of alkyl halides is 2. The summed E-state index contributed by atoms with van der Waals surface area (Å²) < 4.78 is 26.3. The predicted octanol–water partition coefficient (Wildman–Crippen LogP) is 2.53. The summed E-state index contributed by atoms with van der Waals surface area (Å²) in [5, 5.41) is 5.82. The fourth-order valence-electron chi connectivity index (χ4n) is 1.04. The lowest BCUT2D eigenvalue weighted by Crippen LogP contribution is -2.09. The minimum absolute atomic E-state index is 0.254. The van der Waals surface area contributed by atoms with E-state index in [0.29, 0.717) is 6.54 Å². The van der Waals surface area contributed by atoms with Gasteiger partial charge in [-0.2, -0.15) is 5.10 Å². The quantitative estimate of drug-likeness (QED) is 0.773. The molecule has 0 saturated heterocycles. The van der Waals surface area contributed by atoms with Gasteiger partial charge in [0.15, 0.2) is 10.6 Å². The lowest BCUT2D eigenvalue weighted by atomic mass is 10.2. The summed E-state index contributed by atoms with van der Waals surface area (Å²) in [6.45, 7) is 4.34. The number of aromatic amines is 1. The maximum absolute atomic E-state index is 12.3.